The molecule has 0 unspecified atom stereocenters. The Hall–Kier alpha value is -2.96. The molecule has 1 N–H and O–H groups in total. The third-order valence-corrected chi connectivity index (χ3v) is 5.30. The van der Waals surface area contributed by atoms with Gasteiger partial charge >= 0.3 is 0 Å². The van der Waals surface area contributed by atoms with Crippen molar-refractivity contribution in [2.45, 2.75) is 6.54 Å². The molecule has 0 aliphatic rings. The predicted octanol–water partition coefficient (Wildman–Crippen LogP) is 5.50. The number of carbonyl (C=O) groups excluding carboxylic acids is 1. The summed E-state index contributed by atoms with van der Waals surface area (Å²) in [7, 11) is 0. The molecular weight excluding hydrogens is 397 g/mol. The highest BCUT2D eigenvalue weighted by molar-refractivity contribution is 7.16. The van der Waals surface area contributed by atoms with Crippen molar-refractivity contribution >= 4 is 34.7 Å². The van der Waals surface area contributed by atoms with Crippen molar-refractivity contribution in [2.75, 3.05) is 5.32 Å². The minimum absolute atomic E-state index is 0.00521. The minimum Gasteiger partial charge on any atom is -0.363 e. The minimum atomic E-state index is -0.585. The maximum Gasteiger partial charge on any atom is 0.280 e. The molecule has 1 radical (unpaired) electrons. The van der Waals surface area contributed by atoms with Crippen molar-refractivity contribution in [3.8, 4) is 11.3 Å². The van der Waals surface area contributed by atoms with Crippen LogP contribution in [0.3, 0.4) is 0 Å². The number of nitrogens with one attached hydrogen (secondary N) is 1. The summed E-state index contributed by atoms with van der Waals surface area (Å²) in [5.74, 6) is -1.04. The van der Waals surface area contributed by atoms with Crippen LogP contribution in [0.5, 0.6) is 0 Å². The van der Waals surface area contributed by atoms with Crippen LogP contribution >= 0.6 is 22.9 Å². The molecule has 7 heteroatoms. The van der Waals surface area contributed by atoms with E-state index in [0.717, 1.165) is 9.56 Å². The molecule has 28 heavy (non-hydrogen) atoms. The number of benzene rings is 2. The molecule has 0 aliphatic carbocycles. The molecule has 4 aromatic rings. The topological polar surface area (TPSA) is 46.9 Å². The lowest BCUT2D eigenvalue weighted by molar-refractivity contribution is 0.0947. The Labute approximate surface area is 170 Å². The first-order valence-electron chi connectivity index (χ1n) is 8.47. The number of nitrogens with zero attached hydrogens (tertiary/aromatic N) is 2. The number of hydrogen-bond acceptors (Lipinski definition) is 4. The van der Waals surface area contributed by atoms with Crippen molar-refractivity contribution in [2.24, 2.45) is 0 Å². The first-order chi connectivity index (χ1) is 13.6. The van der Waals surface area contributed by atoms with Gasteiger partial charge in [0.05, 0.1) is 10.9 Å². The zero-order valence-corrected chi connectivity index (χ0v) is 16.1. The Morgan fingerprint density at radius 2 is 1.93 bits per heavy atom. The highest BCUT2D eigenvalue weighted by Crippen LogP contribution is 2.29. The molecule has 0 amide bonds. The van der Waals surface area contributed by atoms with E-state index in [1.807, 2.05) is 12.1 Å². The lowest BCUT2D eigenvalue weighted by Gasteiger charge is -2.08. The van der Waals surface area contributed by atoms with Crippen LogP contribution in [0.4, 0.5) is 10.2 Å². The van der Waals surface area contributed by atoms with Gasteiger partial charge < -0.3 is 5.32 Å². The number of thiophene rings is 1. The van der Waals surface area contributed by atoms with Gasteiger partial charge in [-0.3, -0.25) is 4.79 Å². The first kappa shape index (κ1) is 18.4. The summed E-state index contributed by atoms with van der Waals surface area (Å²) in [4.78, 5) is 13.8. The maximum absolute atomic E-state index is 15.2. The molecule has 4 nitrogen and oxygen atoms in total. The SMILES string of the molecule is O=C(c1[c]cccc1)n1nc(-c2ccccc2)c(F)c1NCc1ccc(Cl)s1. The molecule has 2 aromatic carbocycles. The van der Waals surface area contributed by atoms with Crippen molar-refractivity contribution in [1.29, 1.82) is 0 Å². The summed E-state index contributed by atoms with van der Waals surface area (Å²) in [6, 6.07) is 22.1. The van der Waals surface area contributed by atoms with Crippen molar-refractivity contribution in [1.82, 2.24) is 9.78 Å². The van der Waals surface area contributed by atoms with Crippen LogP contribution in [0.2, 0.25) is 4.34 Å². The Bertz CT molecular complexity index is 1110. The van der Waals surface area contributed by atoms with E-state index < -0.39 is 11.7 Å². The van der Waals surface area contributed by atoms with E-state index in [9.17, 15) is 4.79 Å². The average Bonchev–Trinajstić information content (AvgIpc) is 3.30. The summed E-state index contributed by atoms with van der Waals surface area (Å²) in [6.45, 7) is 0.319. The van der Waals surface area contributed by atoms with Gasteiger partial charge in [-0.25, -0.2) is 4.39 Å². The Morgan fingerprint density at radius 1 is 1.14 bits per heavy atom. The number of aromatic nitrogens is 2. The van der Waals surface area contributed by atoms with E-state index in [2.05, 4.69) is 16.5 Å². The second-order valence-electron chi connectivity index (χ2n) is 5.93. The largest absolute Gasteiger partial charge is 0.363 e. The standard InChI is InChI=1S/C21H14ClFN3OS/c22-17-12-11-16(28-17)13-24-20-18(23)19(14-7-3-1-4-8-14)25-26(20)21(27)15-9-5-2-6-10-15/h1-9,11-12,24H,13H2. The number of rotatable bonds is 5. The van der Waals surface area contributed by atoms with Gasteiger partial charge in [0.2, 0.25) is 0 Å². The number of hydrogen-bond donors (Lipinski definition) is 1. The van der Waals surface area contributed by atoms with E-state index in [-0.39, 0.29) is 11.5 Å². The first-order valence-corrected chi connectivity index (χ1v) is 9.66. The van der Waals surface area contributed by atoms with Crippen molar-refractivity contribution in [3.05, 3.63) is 93.4 Å². The third-order valence-electron chi connectivity index (χ3n) is 4.07. The maximum atomic E-state index is 15.2. The molecule has 4 rings (SSSR count). The second kappa shape index (κ2) is 7.96. The molecule has 139 valence electrons. The molecular formula is C21H14ClFN3OS. The zero-order chi connectivity index (χ0) is 19.5. The van der Waals surface area contributed by atoms with Gasteiger partial charge in [-0.2, -0.15) is 9.78 Å². The lowest BCUT2D eigenvalue weighted by Crippen LogP contribution is -2.17. The molecule has 0 bridgehead atoms. The predicted molar refractivity (Wildman–Crippen MR) is 109 cm³/mol. The van der Waals surface area contributed by atoms with Crippen LogP contribution in [-0.2, 0) is 6.54 Å². The van der Waals surface area contributed by atoms with Crippen LogP contribution in [0, 0.1) is 11.9 Å². The Morgan fingerprint density at radius 3 is 2.61 bits per heavy atom. The van der Waals surface area contributed by atoms with E-state index >= 15 is 4.39 Å². The summed E-state index contributed by atoms with van der Waals surface area (Å²) >= 11 is 7.35. The van der Waals surface area contributed by atoms with Crippen LogP contribution in [-0.4, -0.2) is 15.7 Å². The highest BCUT2D eigenvalue weighted by Gasteiger charge is 2.24. The summed E-state index contributed by atoms with van der Waals surface area (Å²) < 4.78 is 16.9. The van der Waals surface area contributed by atoms with Crippen molar-refractivity contribution in [3.63, 3.8) is 0 Å². The van der Waals surface area contributed by atoms with Gasteiger partial charge in [-0.1, -0.05) is 60.1 Å². The van der Waals surface area contributed by atoms with E-state index in [4.69, 9.17) is 11.6 Å². The summed E-state index contributed by atoms with van der Waals surface area (Å²) in [6.07, 6.45) is 0. The highest BCUT2D eigenvalue weighted by atomic mass is 35.5. The smallest absolute Gasteiger partial charge is 0.280 e. The molecule has 0 saturated carbocycles. The quantitative estimate of drug-likeness (QED) is 0.472. The molecule has 0 saturated heterocycles. The fraction of sp³-hybridized carbons (Fsp3) is 0.0476. The number of anilines is 1. The fourth-order valence-corrected chi connectivity index (χ4v) is 3.76. The van der Waals surface area contributed by atoms with E-state index in [1.54, 1.807) is 54.6 Å². The van der Waals surface area contributed by atoms with Gasteiger partial charge in [0.25, 0.3) is 5.91 Å². The summed E-state index contributed by atoms with van der Waals surface area (Å²) in [5, 5.41) is 7.26. The Kier molecular flexibility index (Phi) is 5.23. The number of carbonyl (C=O) groups is 1. The monoisotopic (exact) mass is 410 g/mol. The van der Waals surface area contributed by atoms with Crippen LogP contribution in [0.15, 0.2) is 66.7 Å². The molecule has 0 fully saturated rings. The van der Waals surface area contributed by atoms with E-state index in [1.165, 1.54) is 11.3 Å². The van der Waals surface area contributed by atoms with Gasteiger partial charge in [-0.15, -0.1) is 11.3 Å². The zero-order valence-electron chi connectivity index (χ0n) is 14.5. The number of halogens is 2. The Balaban J connectivity index is 1.75. The molecule has 2 heterocycles. The molecule has 2 aromatic heterocycles. The lowest BCUT2D eigenvalue weighted by atomic mass is 10.1. The van der Waals surface area contributed by atoms with Gasteiger partial charge in [0.15, 0.2) is 11.6 Å². The normalized spacial score (nSPS) is 10.8. The van der Waals surface area contributed by atoms with Crippen molar-refractivity contribution < 1.29 is 9.18 Å². The van der Waals surface area contributed by atoms with Crippen LogP contribution < -0.4 is 5.32 Å². The van der Waals surface area contributed by atoms with E-state index in [0.29, 0.717) is 22.0 Å². The second-order valence-corrected chi connectivity index (χ2v) is 7.73. The average molecular weight is 411 g/mol. The fourth-order valence-electron chi connectivity index (χ4n) is 2.74. The molecule has 0 atom stereocenters. The van der Waals surface area contributed by atoms with Gasteiger partial charge in [0.1, 0.15) is 5.69 Å². The van der Waals surface area contributed by atoms with Crippen LogP contribution in [0.25, 0.3) is 11.3 Å². The molecule has 0 aliphatic heterocycles. The van der Waals surface area contributed by atoms with Crippen LogP contribution in [0.1, 0.15) is 15.2 Å². The third kappa shape index (κ3) is 3.69. The van der Waals surface area contributed by atoms with Gasteiger partial charge in [-0.05, 0) is 24.3 Å². The summed E-state index contributed by atoms with van der Waals surface area (Å²) in [5.41, 5.74) is 0.995. The molecule has 0 spiro atoms. The van der Waals surface area contributed by atoms with Gasteiger partial charge in [0, 0.05) is 16.0 Å².